The molecule has 2 saturated heterocycles. The molecule has 1 N–H and O–H groups in total. The van der Waals surface area contributed by atoms with E-state index in [1.54, 1.807) is 0 Å². The van der Waals surface area contributed by atoms with Crippen LogP contribution < -0.4 is 5.32 Å². The molecule has 2 atom stereocenters. The van der Waals surface area contributed by atoms with Gasteiger partial charge in [-0.2, -0.15) is 0 Å². The van der Waals surface area contributed by atoms with Crippen LogP contribution in [0.3, 0.4) is 0 Å². The van der Waals surface area contributed by atoms with Gasteiger partial charge in [0.15, 0.2) is 5.60 Å². The van der Waals surface area contributed by atoms with E-state index in [-0.39, 0.29) is 17.7 Å². The number of hydrogen-bond donors (Lipinski definition) is 1. The lowest BCUT2D eigenvalue weighted by Gasteiger charge is -2.32. The van der Waals surface area contributed by atoms with Gasteiger partial charge in [-0.05, 0) is 44.1 Å². The van der Waals surface area contributed by atoms with Crippen molar-refractivity contribution in [2.45, 2.75) is 57.0 Å². The fraction of sp³-hybridized carbons (Fsp3) is 0.733. The number of fused-ring (bicyclic) bond motifs is 1. The first-order chi connectivity index (χ1) is 9.25. The molecule has 0 spiro atoms. The number of nitrogens with one attached hydrogen (secondary N) is 1. The summed E-state index contributed by atoms with van der Waals surface area (Å²) in [5, 5.41) is 2.50. The predicted octanol–water partition coefficient (Wildman–Crippen LogP) is 2.09. The molecule has 2 amide bonds. The van der Waals surface area contributed by atoms with Crippen molar-refractivity contribution in [3.63, 3.8) is 0 Å². The van der Waals surface area contributed by atoms with Gasteiger partial charge < -0.3 is 4.74 Å². The quantitative estimate of drug-likeness (QED) is 0.582. The predicted molar refractivity (Wildman–Crippen MR) is 70.3 cm³/mol. The summed E-state index contributed by atoms with van der Waals surface area (Å²) in [7, 11) is 0. The molecule has 19 heavy (non-hydrogen) atoms. The van der Waals surface area contributed by atoms with Crippen LogP contribution in [-0.2, 0) is 14.3 Å². The third-order valence-corrected chi connectivity index (χ3v) is 4.62. The molecule has 2 aliphatic heterocycles. The molecule has 3 rings (SSSR count). The second-order valence-electron chi connectivity index (χ2n) is 5.78. The maximum atomic E-state index is 12.4. The van der Waals surface area contributed by atoms with E-state index < -0.39 is 5.60 Å². The lowest BCUT2D eigenvalue weighted by Crippen LogP contribution is -2.46. The Balaban J connectivity index is 2.01. The summed E-state index contributed by atoms with van der Waals surface area (Å²) in [6.45, 7) is 0.578. The van der Waals surface area contributed by atoms with E-state index >= 15 is 0 Å². The van der Waals surface area contributed by atoms with E-state index in [1.165, 1.54) is 12.8 Å². The zero-order valence-electron chi connectivity index (χ0n) is 11.2. The fourth-order valence-corrected chi connectivity index (χ4v) is 3.63. The van der Waals surface area contributed by atoms with Gasteiger partial charge in [0.05, 0.1) is 5.92 Å². The number of imide groups is 1. The van der Waals surface area contributed by atoms with E-state index in [9.17, 15) is 9.59 Å². The highest BCUT2D eigenvalue weighted by atomic mass is 16.5. The smallest absolute Gasteiger partial charge is 0.263 e. The SMILES string of the molecule is O=C1NC(=O)C2(C3=CCCCCC3)OCCCCC12. The number of rotatable bonds is 1. The van der Waals surface area contributed by atoms with Crippen LogP contribution in [0.2, 0.25) is 0 Å². The maximum Gasteiger partial charge on any atom is 0.263 e. The normalized spacial score (nSPS) is 36.0. The number of amides is 2. The summed E-state index contributed by atoms with van der Waals surface area (Å²) in [5.74, 6) is -0.679. The second kappa shape index (κ2) is 5.08. The molecule has 0 aromatic rings. The minimum atomic E-state index is -0.974. The Morgan fingerprint density at radius 1 is 1.16 bits per heavy atom. The van der Waals surface area contributed by atoms with Crippen molar-refractivity contribution in [1.82, 2.24) is 5.32 Å². The number of ether oxygens (including phenoxy) is 1. The lowest BCUT2D eigenvalue weighted by atomic mass is 9.78. The Labute approximate surface area is 113 Å². The zero-order valence-corrected chi connectivity index (χ0v) is 11.2. The minimum Gasteiger partial charge on any atom is -0.360 e. The summed E-state index contributed by atoms with van der Waals surface area (Å²) in [6, 6.07) is 0. The van der Waals surface area contributed by atoms with Crippen molar-refractivity contribution in [2.24, 2.45) is 5.92 Å². The second-order valence-corrected chi connectivity index (χ2v) is 5.78. The van der Waals surface area contributed by atoms with E-state index in [1.807, 2.05) is 0 Å². The Bertz CT molecular complexity index is 429. The van der Waals surface area contributed by atoms with Crippen molar-refractivity contribution < 1.29 is 14.3 Å². The Hall–Kier alpha value is -1.16. The van der Waals surface area contributed by atoms with Gasteiger partial charge in [0.25, 0.3) is 5.91 Å². The van der Waals surface area contributed by atoms with Crippen LogP contribution in [0, 0.1) is 5.92 Å². The maximum absolute atomic E-state index is 12.4. The number of allylic oxidation sites excluding steroid dienone is 1. The Morgan fingerprint density at radius 2 is 2.05 bits per heavy atom. The summed E-state index contributed by atoms with van der Waals surface area (Å²) >= 11 is 0. The molecular formula is C15H21NO3. The molecular weight excluding hydrogens is 242 g/mol. The van der Waals surface area contributed by atoms with Crippen LogP contribution in [-0.4, -0.2) is 24.0 Å². The van der Waals surface area contributed by atoms with Crippen molar-refractivity contribution in [3.05, 3.63) is 11.6 Å². The molecule has 4 nitrogen and oxygen atoms in total. The van der Waals surface area contributed by atoms with Gasteiger partial charge in [0, 0.05) is 6.61 Å². The van der Waals surface area contributed by atoms with Crippen LogP contribution >= 0.6 is 0 Å². The summed E-state index contributed by atoms with van der Waals surface area (Å²) < 4.78 is 5.99. The standard InChI is InChI=1S/C15H21NO3/c17-13-12-9-5-6-10-19-15(12,14(18)16-13)11-7-3-1-2-4-8-11/h7,12H,1-6,8-10H2,(H,16,17,18). The highest BCUT2D eigenvalue weighted by molar-refractivity contribution is 6.11. The fourth-order valence-electron chi connectivity index (χ4n) is 3.63. The number of carbonyl (C=O) groups is 2. The van der Waals surface area contributed by atoms with Gasteiger partial charge >= 0.3 is 0 Å². The largest absolute Gasteiger partial charge is 0.360 e. The number of carbonyl (C=O) groups excluding carboxylic acids is 2. The lowest BCUT2D eigenvalue weighted by molar-refractivity contribution is -0.140. The third-order valence-electron chi connectivity index (χ3n) is 4.62. The molecule has 0 radical (unpaired) electrons. The van der Waals surface area contributed by atoms with Crippen molar-refractivity contribution in [2.75, 3.05) is 6.61 Å². The minimum absolute atomic E-state index is 0.142. The van der Waals surface area contributed by atoms with Crippen molar-refractivity contribution >= 4 is 11.8 Å². The van der Waals surface area contributed by atoms with Crippen molar-refractivity contribution in [1.29, 1.82) is 0 Å². The molecule has 104 valence electrons. The monoisotopic (exact) mass is 263 g/mol. The molecule has 1 aliphatic carbocycles. The van der Waals surface area contributed by atoms with Crippen LogP contribution in [0.4, 0.5) is 0 Å². The van der Waals surface area contributed by atoms with Gasteiger partial charge in [-0.1, -0.05) is 18.9 Å². The average Bonchev–Trinajstić information content (AvgIpc) is 2.71. The van der Waals surface area contributed by atoms with Crippen LogP contribution in [0.5, 0.6) is 0 Å². The van der Waals surface area contributed by atoms with E-state index in [0.717, 1.165) is 44.1 Å². The number of hydrogen-bond acceptors (Lipinski definition) is 3. The van der Waals surface area contributed by atoms with Crippen molar-refractivity contribution in [3.8, 4) is 0 Å². The molecule has 2 heterocycles. The highest BCUT2D eigenvalue weighted by Crippen LogP contribution is 2.43. The molecule has 0 aromatic heterocycles. The molecule has 2 fully saturated rings. The third kappa shape index (κ3) is 2.02. The molecule has 0 aromatic carbocycles. The van der Waals surface area contributed by atoms with Gasteiger partial charge in [-0.3, -0.25) is 14.9 Å². The van der Waals surface area contributed by atoms with Gasteiger partial charge in [0.1, 0.15) is 0 Å². The first-order valence-electron chi connectivity index (χ1n) is 7.44. The summed E-state index contributed by atoms with van der Waals surface area (Å²) in [4.78, 5) is 24.5. The molecule has 4 heteroatoms. The Kier molecular flexibility index (Phi) is 3.44. The topological polar surface area (TPSA) is 55.4 Å². The average molecular weight is 263 g/mol. The molecule has 0 bridgehead atoms. The van der Waals surface area contributed by atoms with Gasteiger partial charge in [-0.15, -0.1) is 0 Å². The molecule has 0 saturated carbocycles. The van der Waals surface area contributed by atoms with E-state index in [2.05, 4.69) is 11.4 Å². The van der Waals surface area contributed by atoms with Gasteiger partial charge in [0.2, 0.25) is 5.91 Å². The van der Waals surface area contributed by atoms with E-state index in [4.69, 9.17) is 4.74 Å². The Morgan fingerprint density at radius 3 is 2.95 bits per heavy atom. The van der Waals surface area contributed by atoms with Crippen LogP contribution in [0.25, 0.3) is 0 Å². The summed E-state index contributed by atoms with van der Waals surface area (Å²) in [6.07, 6.45) is 10.1. The summed E-state index contributed by atoms with van der Waals surface area (Å²) in [5.41, 5.74) is 0.0815. The molecule has 3 aliphatic rings. The van der Waals surface area contributed by atoms with E-state index in [0.29, 0.717) is 6.61 Å². The highest BCUT2D eigenvalue weighted by Gasteiger charge is 2.58. The van der Waals surface area contributed by atoms with Crippen LogP contribution in [0.1, 0.15) is 51.4 Å². The zero-order chi connectivity index (χ0) is 13.3. The van der Waals surface area contributed by atoms with Gasteiger partial charge in [-0.25, -0.2) is 0 Å². The first kappa shape index (κ1) is 12.9. The first-order valence-corrected chi connectivity index (χ1v) is 7.44. The van der Waals surface area contributed by atoms with Crippen LogP contribution in [0.15, 0.2) is 11.6 Å². The molecule has 2 unspecified atom stereocenters.